The fourth-order valence-electron chi connectivity index (χ4n) is 3.54. The number of hydrogen-bond acceptors (Lipinski definition) is 8. The highest BCUT2D eigenvalue weighted by Gasteiger charge is 2.19. The van der Waals surface area contributed by atoms with Crippen LogP contribution in [0.15, 0.2) is 59.2 Å². The van der Waals surface area contributed by atoms with Crippen LogP contribution in [0, 0.1) is 0 Å². The lowest BCUT2D eigenvalue weighted by Crippen LogP contribution is -2.35. The summed E-state index contributed by atoms with van der Waals surface area (Å²) in [7, 11) is 4.70. The molecule has 33 heavy (non-hydrogen) atoms. The van der Waals surface area contributed by atoms with Gasteiger partial charge in [-0.2, -0.15) is 0 Å². The molecule has 0 amide bonds. The lowest BCUT2D eigenvalue weighted by atomic mass is 10.1. The third kappa shape index (κ3) is 6.50. The maximum atomic E-state index is 11.2. The summed E-state index contributed by atoms with van der Waals surface area (Å²) in [6, 6.07) is 14.4. The molecule has 0 radical (unpaired) electrons. The SMILES string of the molecule is COc1cc(CN(Cc2ccco2)CC(O)COc2ccccc2C=O)cc(OC)c1OC. The summed E-state index contributed by atoms with van der Waals surface area (Å²) in [5.41, 5.74) is 1.35. The minimum atomic E-state index is -0.804. The summed E-state index contributed by atoms with van der Waals surface area (Å²) in [4.78, 5) is 13.2. The van der Waals surface area contributed by atoms with E-state index in [1.807, 2.05) is 29.2 Å². The zero-order valence-corrected chi connectivity index (χ0v) is 19.0. The van der Waals surface area contributed by atoms with Gasteiger partial charge in [0.25, 0.3) is 0 Å². The number of aliphatic hydroxyl groups is 1. The molecule has 0 saturated carbocycles. The molecule has 0 aliphatic heterocycles. The largest absolute Gasteiger partial charge is 0.493 e. The van der Waals surface area contributed by atoms with E-state index >= 15 is 0 Å². The number of carbonyl (C=O) groups excluding carboxylic acids is 1. The van der Waals surface area contributed by atoms with Crippen molar-refractivity contribution >= 4 is 6.29 Å². The maximum absolute atomic E-state index is 11.2. The van der Waals surface area contributed by atoms with Gasteiger partial charge in [-0.25, -0.2) is 0 Å². The van der Waals surface area contributed by atoms with Crippen LogP contribution in [0.3, 0.4) is 0 Å². The first kappa shape index (κ1) is 24.2. The van der Waals surface area contributed by atoms with Crippen molar-refractivity contribution < 1.29 is 33.3 Å². The summed E-state index contributed by atoms with van der Waals surface area (Å²) in [6.45, 7) is 1.31. The summed E-state index contributed by atoms with van der Waals surface area (Å²) in [6.07, 6.45) is 1.54. The van der Waals surface area contributed by atoms with Gasteiger partial charge in [-0.05, 0) is 42.0 Å². The third-order valence-electron chi connectivity index (χ3n) is 5.04. The zero-order valence-electron chi connectivity index (χ0n) is 19.0. The summed E-state index contributed by atoms with van der Waals surface area (Å²) >= 11 is 0. The van der Waals surface area contributed by atoms with Gasteiger partial charge >= 0.3 is 0 Å². The van der Waals surface area contributed by atoms with E-state index in [1.54, 1.807) is 51.9 Å². The number of benzene rings is 2. The van der Waals surface area contributed by atoms with Gasteiger partial charge in [0.15, 0.2) is 17.8 Å². The summed E-state index contributed by atoms with van der Waals surface area (Å²) in [5, 5.41) is 10.7. The normalized spacial score (nSPS) is 11.8. The first-order chi connectivity index (χ1) is 16.1. The standard InChI is InChI=1S/C25H29NO7/c1-29-23-11-18(12-24(30-2)25(23)31-3)13-26(15-21-8-6-10-32-21)14-20(28)17-33-22-9-5-4-7-19(22)16-27/h4-12,16,20,28H,13-15,17H2,1-3H3. The number of methoxy groups -OCH3 is 3. The van der Waals surface area contributed by atoms with Gasteiger partial charge in [-0.1, -0.05) is 12.1 Å². The van der Waals surface area contributed by atoms with Crippen molar-refractivity contribution in [2.45, 2.75) is 19.2 Å². The Bertz CT molecular complexity index is 994. The average molecular weight is 456 g/mol. The highest BCUT2D eigenvalue weighted by atomic mass is 16.5. The molecule has 0 spiro atoms. The Kier molecular flexibility index (Phi) is 8.74. The van der Waals surface area contributed by atoms with Crippen LogP contribution in [0.1, 0.15) is 21.7 Å². The third-order valence-corrected chi connectivity index (χ3v) is 5.04. The molecule has 0 aliphatic carbocycles. The van der Waals surface area contributed by atoms with E-state index in [4.69, 9.17) is 23.4 Å². The number of hydrogen-bond donors (Lipinski definition) is 1. The molecule has 2 aromatic carbocycles. The van der Waals surface area contributed by atoms with Gasteiger partial charge in [0.1, 0.15) is 24.2 Å². The van der Waals surface area contributed by atoms with Gasteiger partial charge in [0.2, 0.25) is 5.75 Å². The Morgan fingerprint density at radius 3 is 2.30 bits per heavy atom. The highest BCUT2D eigenvalue weighted by Crippen LogP contribution is 2.38. The molecule has 8 heteroatoms. The van der Waals surface area contributed by atoms with Crippen LogP contribution in [0.4, 0.5) is 0 Å². The van der Waals surface area contributed by atoms with Crippen molar-refractivity contribution in [3.05, 3.63) is 71.7 Å². The Morgan fingerprint density at radius 1 is 0.970 bits per heavy atom. The van der Waals surface area contributed by atoms with Gasteiger partial charge in [-0.3, -0.25) is 9.69 Å². The van der Waals surface area contributed by atoms with E-state index in [2.05, 4.69) is 0 Å². The minimum Gasteiger partial charge on any atom is -0.493 e. The van der Waals surface area contributed by atoms with E-state index in [-0.39, 0.29) is 6.61 Å². The predicted molar refractivity (Wildman–Crippen MR) is 122 cm³/mol. The molecule has 176 valence electrons. The molecule has 0 aliphatic rings. The Labute approximate surface area is 193 Å². The number of carbonyl (C=O) groups is 1. The van der Waals surface area contributed by atoms with Gasteiger partial charge in [-0.15, -0.1) is 0 Å². The van der Waals surface area contributed by atoms with E-state index in [9.17, 15) is 9.90 Å². The Balaban J connectivity index is 1.74. The topological polar surface area (TPSA) is 90.6 Å². The zero-order chi connectivity index (χ0) is 23.6. The molecule has 8 nitrogen and oxygen atoms in total. The molecule has 1 atom stereocenters. The van der Waals surface area contributed by atoms with Crippen molar-refractivity contribution in [2.24, 2.45) is 0 Å². The summed E-state index contributed by atoms with van der Waals surface area (Å²) in [5.74, 6) is 2.83. The number of para-hydroxylation sites is 1. The van der Waals surface area contributed by atoms with E-state index in [1.165, 1.54) is 0 Å². The van der Waals surface area contributed by atoms with Crippen molar-refractivity contribution in [1.82, 2.24) is 4.90 Å². The van der Waals surface area contributed by atoms with Crippen molar-refractivity contribution in [3.63, 3.8) is 0 Å². The fourth-order valence-corrected chi connectivity index (χ4v) is 3.54. The van der Waals surface area contributed by atoms with Crippen molar-refractivity contribution in [3.8, 4) is 23.0 Å². The molecule has 0 saturated heterocycles. The molecular formula is C25H29NO7. The van der Waals surface area contributed by atoms with Gasteiger partial charge < -0.3 is 28.5 Å². The van der Waals surface area contributed by atoms with E-state index in [0.29, 0.717) is 48.2 Å². The fraction of sp³-hybridized carbons (Fsp3) is 0.320. The lowest BCUT2D eigenvalue weighted by Gasteiger charge is -2.25. The van der Waals surface area contributed by atoms with Crippen LogP contribution in [-0.4, -0.2) is 56.9 Å². The van der Waals surface area contributed by atoms with E-state index in [0.717, 1.165) is 17.6 Å². The quantitative estimate of drug-likeness (QED) is 0.391. The first-order valence-electron chi connectivity index (χ1n) is 10.5. The van der Waals surface area contributed by atoms with Crippen LogP contribution in [0.2, 0.25) is 0 Å². The molecule has 1 N–H and O–H groups in total. The number of furan rings is 1. The molecule has 1 unspecified atom stereocenters. The molecule has 0 bridgehead atoms. The van der Waals surface area contributed by atoms with Crippen LogP contribution in [-0.2, 0) is 13.1 Å². The Hall–Kier alpha value is -3.49. The molecule has 1 aromatic heterocycles. The predicted octanol–water partition coefficient (Wildman–Crippen LogP) is 3.56. The summed E-state index contributed by atoms with van der Waals surface area (Å²) < 4.78 is 27.5. The van der Waals surface area contributed by atoms with Crippen LogP contribution >= 0.6 is 0 Å². The highest BCUT2D eigenvalue weighted by molar-refractivity contribution is 5.79. The first-order valence-corrected chi connectivity index (χ1v) is 10.5. The van der Waals surface area contributed by atoms with Crippen LogP contribution in [0.5, 0.6) is 23.0 Å². The number of ether oxygens (including phenoxy) is 4. The number of aliphatic hydroxyl groups excluding tert-OH is 1. The second-order valence-corrected chi connectivity index (χ2v) is 7.40. The number of nitrogens with zero attached hydrogens (tertiary/aromatic N) is 1. The minimum absolute atomic E-state index is 0.0365. The van der Waals surface area contributed by atoms with Crippen LogP contribution in [0.25, 0.3) is 0 Å². The maximum Gasteiger partial charge on any atom is 0.203 e. The number of rotatable bonds is 13. The van der Waals surface area contributed by atoms with Gasteiger partial charge in [0.05, 0.1) is 39.7 Å². The molecule has 0 fully saturated rings. The lowest BCUT2D eigenvalue weighted by molar-refractivity contribution is 0.0600. The van der Waals surface area contributed by atoms with Gasteiger partial charge in [0, 0.05) is 13.1 Å². The van der Waals surface area contributed by atoms with Crippen LogP contribution < -0.4 is 18.9 Å². The van der Waals surface area contributed by atoms with E-state index < -0.39 is 6.10 Å². The second-order valence-electron chi connectivity index (χ2n) is 7.40. The smallest absolute Gasteiger partial charge is 0.203 e. The number of aldehydes is 1. The molecule has 3 aromatic rings. The van der Waals surface area contributed by atoms with Crippen molar-refractivity contribution in [2.75, 3.05) is 34.5 Å². The molecule has 3 rings (SSSR count). The average Bonchev–Trinajstić information content (AvgIpc) is 3.35. The second kappa shape index (κ2) is 11.9. The molecular weight excluding hydrogens is 426 g/mol. The molecule has 1 heterocycles. The monoisotopic (exact) mass is 455 g/mol. The van der Waals surface area contributed by atoms with Crippen molar-refractivity contribution in [1.29, 1.82) is 0 Å². The Morgan fingerprint density at radius 2 is 1.70 bits per heavy atom.